The van der Waals surface area contributed by atoms with Crippen LogP contribution in [0, 0.1) is 11.6 Å². The molecule has 0 radical (unpaired) electrons. The van der Waals surface area contributed by atoms with Gasteiger partial charge in [-0.05, 0) is 24.3 Å². The molecule has 1 aromatic heterocycles. The molecule has 0 aliphatic rings. The van der Waals surface area contributed by atoms with Gasteiger partial charge in [0.15, 0.2) is 5.82 Å². The van der Waals surface area contributed by atoms with Crippen LogP contribution in [0.15, 0.2) is 42.5 Å². The van der Waals surface area contributed by atoms with E-state index in [9.17, 15) is 8.78 Å². The van der Waals surface area contributed by atoms with Gasteiger partial charge in [-0.1, -0.05) is 12.1 Å². The zero-order chi connectivity index (χ0) is 11.8. The molecule has 0 bridgehead atoms. The molecule has 0 N–H and O–H groups in total. The maximum Gasteiger partial charge on any atom is 0.153 e. The second-order valence-electron chi connectivity index (χ2n) is 3.57. The van der Waals surface area contributed by atoms with Crippen molar-refractivity contribution in [2.45, 2.75) is 0 Å². The first-order chi connectivity index (χ1) is 8.24. The highest BCUT2D eigenvalue weighted by Crippen LogP contribution is 2.15. The molecule has 5 heteroatoms. The molecule has 3 nitrogen and oxygen atoms in total. The first-order valence-corrected chi connectivity index (χ1v) is 5.01. The molecule has 17 heavy (non-hydrogen) atoms. The van der Waals surface area contributed by atoms with Crippen molar-refractivity contribution in [3.05, 3.63) is 54.1 Å². The Hall–Kier alpha value is -2.30. The van der Waals surface area contributed by atoms with Gasteiger partial charge in [-0.3, -0.25) is 0 Å². The fourth-order valence-electron chi connectivity index (χ4n) is 1.61. The van der Waals surface area contributed by atoms with E-state index in [4.69, 9.17) is 0 Å². The second kappa shape index (κ2) is 3.62. The van der Waals surface area contributed by atoms with Crippen LogP contribution < -0.4 is 0 Å². The van der Waals surface area contributed by atoms with Crippen LogP contribution in [0.5, 0.6) is 0 Å². The lowest BCUT2D eigenvalue weighted by Gasteiger charge is -2.00. The number of nitrogens with zero attached hydrogens (tertiary/aromatic N) is 3. The van der Waals surface area contributed by atoms with E-state index in [0.29, 0.717) is 11.0 Å². The summed E-state index contributed by atoms with van der Waals surface area (Å²) < 4.78 is 26.3. The van der Waals surface area contributed by atoms with E-state index in [1.807, 2.05) is 12.1 Å². The molecule has 3 aromatic rings. The van der Waals surface area contributed by atoms with Crippen molar-refractivity contribution < 1.29 is 8.78 Å². The summed E-state index contributed by atoms with van der Waals surface area (Å²) in [6.45, 7) is 0. The Bertz CT molecular complexity index is 658. The normalized spacial score (nSPS) is 10.9. The average Bonchev–Trinajstić information content (AvgIpc) is 2.72. The third kappa shape index (κ3) is 1.65. The van der Waals surface area contributed by atoms with Crippen molar-refractivity contribution in [2.24, 2.45) is 0 Å². The predicted octanol–water partition coefficient (Wildman–Crippen LogP) is 2.70. The van der Waals surface area contributed by atoms with Crippen molar-refractivity contribution in [3.8, 4) is 5.69 Å². The average molecular weight is 231 g/mol. The number of aromatic nitrogens is 3. The molecule has 0 unspecified atom stereocenters. The molecule has 3 rings (SSSR count). The lowest BCUT2D eigenvalue weighted by molar-refractivity contribution is 0.567. The van der Waals surface area contributed by atoms with E-state index >= 15 is 0 Å². The van der Waals surface area contributed by atoms with E-state index in [0.717, 1.165) is 6.07 Å². The molecule has 0 saturated heterocycles. The number of benzene rings is 2. The van der Waals surface area contributed by atoms with Crippen LogP contribution in [-0.4, -0.2) is 15.0 Å². The van der Waals surface area contributed by atoms with Gasteiger partial charge < -0.3 is 0 Å². The maximum absolute atomic E-state index is 13.5. The maximum atomic E-state index is 13.5. The van der Waals surface area contributed by atoms with Gasteiger partial charge in [-0.25, -0.2) is 8.78 Å². The first kappa shape index (κ1) is 9.89. The summed E-state index contributed by atoms with van der Waals surface area (Å²) in [7, 11) is 0. The van der Waals surface area contributed by atoms with Gasteiger partial charge in [0.1, 0.15) is 22.5 Å². The number of halogens is 2. The second-order valence-corrected chi connectivity index (χ2v) is 3.57. The minimum absolute atomic E-state index is 0.127. The van der Waals surface area contributed by atoms with Crippen LogP contribution in [0.1, 0.15) is 0 Å². The summed E-state index contributed by atoms with van der Waals surface area (Å²) in [5, 5.41) is 8.23. The van der Waals surface area contributed by atoms with Crippen molar-refractivity contribution in [3.63, 3.8) is 0 Å². The van der Waals surface area contributed by atoms with Crippen LogP contribution in [0.3, 0.4) is 0 Å². The van der Waals surface area contributed by atoms with Crippen molar-refractivity contribution >= 4 is 11.0 Å². The minimum Gasteiger partial charge on any atom is -0.207 e. The Kier molecular flexibility index (Phi) is 2.11. The lowest BCUT2D eigenvalue weighted by atomic mass is 10.3. The molecule has 0 saturated carbocycles. The Morgan fingerprint density at radius 1 is 0.882 bits per heavy atom. The Morgan fingerprint density at radius 3 is 2.12 bits per heavy atom. The first-order valence-electron chi connectivity index (χ1n) is 5.01. The van der Waals surface area contributed by atoms with E-state index < -0.39 is 11.6 Å². The van der Waals surface area contributed by atoms with Gasteiger partial charge in [0, 0.05) is 6.07 Å². The van der Waals surface area contributed by atoms with Gasteiger partial charge in [0.2, 0.25) is 0 Å². The molecule has 1 heterocycles. The smallest absolute Gasteiger partial charge is 0.153 e. The molecule has 0 fully saturated rings. The summed E-state index contributed by atoms with van der Waals surface area (Å²) in [6.07, 6.45) is 0. The topological polar surface area (TPSA) is 30.7 Å². The monoisotopic (exact) mass is 231 g/mol. The number of hydrogen-bond acceptors (Lipinski definition) is 2. The zero-order valence-electron chi connectivity index (χ0n) is 8.64. The van der Waals surface area contributed by atoms with Crippen LogP contribution in [0.2, 0.25) is 0 Å². The van der Waals surface area contributed by atoms with E-state index in [-0.39, 0.29) is 5.69 Å². The van der Waals surface area contributed by atoms with E-state index in [1.165, 1.54) is 16.9 Å². The fourth-order valence-corrected chi connectivity index (χ4v) is 1.61. The third-order valence-electron chi connectivity index (χ3n) is 2.41. The summed E-state index contributed by atoms with van der Waals surface area (Å²) in [5.74, 6) is -1.31. The van der Waals surface area contributed by atoms with Gasteiger partial charge in [-0.15, -0.1) is 15.0 Å². The SMILES string of the molecule is Fc1ccc(-n2nc3ccccc3n2)c(F)c1. The molecule has 0 atom stereocenters. The summed E-state index contributed by atoms with van der Waals surface area (Å²) in [4.78, 5) is 1.17. The number of fused-ring (bicyclic) bond motifs is 1. The van der Waals surface area contributed by atoms with Gasteiger partial charge in [-0.2, -0.15) is 0 Å². The van der Waals surface area contributed by atoms with E-state index in [1.54, 1.807) is 12.1 Å². The molecule has 84 valence electrons. The zero-order valence-corrected chi connectivity index (χ0v) is 8.64. The quantitative estimate of drug-likeness (QED) is 0.644. The Balaban J connectivity index is 2.20. The standard InChI is InChI=1S/C12H7F2N3/c13-8-5-6-12(9(14)7-8)17-15-10-3-1-2-4-11(10)16-17/h1-7H. The van der Waals surface area contributed by atoms with Crippen LogP contribution in [0.25, 0.3) is 16.7 Å². The summed E-state index contributed by atoms with van der Waals surface area (Å²) >= 11 is 0. The molecule has 0 spiro atoms. The van der Waals surface area contributed by atoms with Crippen molar-refractivity contribution in [1.82, 2.24) is 15.0 Å². The van der Waals surface area contributed by atoms with Crippen molar-refractivity contribution in [1.29, 1.82) is 0 Å². The lowest BCUT2D eigenvalue weighted by Crippen LogP contribution is -2.01. The Labute approximate surface area is 95.3 Å². The van der Waals surface area contributed by atoms with Crippen LogP contribution >= 0.6 is 0 Å². The largest absolute Gasteiger partial charge is 0.207 e. The molecule has 0 aliphatic heterocycles. The van der Waals surface area contributed by atoms with E-state index in [2.05, 4.69) is 10.2 Å². The summed E-state index contributed by atoms with van der Waals surface area (Å²) in [6, 6.07) is 10.5. The molecule has 0 aliphatic carbocycles. The predicted molar refractivity (Wildman–Crippen MR) is 58.8 cm³/mol. The minimum atomic E-state index is -0.690. The summed E-state index contributed by atoms with van der Waals surface area (Å²) in [5.41, 5.74) is 1.45. The highest BCUT2D eigenvalue weighted by atomic mass is 19.1. The molecular weight excluding hydrogens is 224 g/mol. The van der Waals surface area contributed by atoms with Crippen LogP contribution in [0.4, 0.5) is 8.78 Å². The fraction of sp³-hybridized carbons (Fsp3) is 0. The van der Waals surface area contributed by atoms with Gasteiger partial charge in [0.25, 0.3) is 0 Å². The molecule has 2 aromatic carbocycles. The number of rotatable bonds is 1. The highest BCUT2D eigenvalue weighted by Gasteiger charge is 2.09. The van der Waals surface area contributed by atoms with Gasteiger partial charge in [0.05, 0.1) is 0 Å². The highest BCUT2D eigenvalue weighted by molar-refractivity contribution is 5.73. The Morgan fingerprint density at radius 2 is 1.53 bits per heavy atom. The number of hydrogen-bond donors (Lipinski definition) is 0. The van der Waals surface area contributed by atoms with Crippen molar-refractivity contribution in [2.75, 3.05) is 0 Å². The molecule has 0 amide bonds. The van der Waals surface area contributed by atoms with Gasteiger partial charge >= 0.3 is 0 Å². The van der Waals surface area contributed by atoms with Crippen LogP contribution in [-0.2, 0) is 0 Å². The molecular formula is C12H7F2N3. The third-order valence-corrected chi connectivity index (χ3v) is 2.41.